The molecular weight excluding hydrogens is 276 g/mol. The van der Waals surface area contributed by atoms with Gasteiger partial charge in [0.25, 0.3) is 0 Å². The van der Waals surface area contributed by atoms with Crippen LogP contribution in [0.4, 0.5) is 5.82 Å². The Hall–Kier alpha value is -2.43. The first-order valence-corrected chi connectivity index (χ1v) is 7.64. The van der Waals surface area contributed by atoms with Gasteiger partial charge in [0.1, 0.15) is 11.6 Å². The summed E-state index contributed by atoms with van der Waals surface area (Å²) in [5, 5.41) is 3.35. The van der Waals surface area contributed by atoms with Gasteiger partial charge in [0, 0.05) is 18.7 Å². The van der Waals surface area contributed by atoms with E-state index in [2.05, 4.69) is 27.4 Å². The van der Waals surface area contributed by atoms with Crippen LogP contribution < -0.4 is 11.1 Å². The zero-order valence-electron chi connectivity index (χ0n) is 12.4. The van der Waals surface area contributed by atoms with Gasteiger partial charge in [-0.2, -0.15) is 0 Å². The highest BCUT2D eigenvalue weighted by molar-refractivity contribution is 5.78. The van der Waals surface area contributed by atoms with Crippen LogP contribution >= 0.6 is 0 Å². The predicted octanol–water partition coefficient (Wildman–Crippen LogP) is 2.13. The summed E-state index contributed by atoms with van der Waals surface area (Å²) < 4.78 is 0. The molecule has 3 N–H and O–H groups in total. The maximum atomic E-state index is 11.5. The molecule has 0 saturated heterocycles. The number of primary amides is 1. The van der Waals surface area contributed by atoms with Gasteiger partial charge in [0.2, 0.25) is 5.91 Å². The Balaban J connectivity index is 1.70. The fraction of sp³-hybridized carbons (Fsp3) is 0.353. The SMILES string of the molecule is NC(=O)[C@H]1CCC[C@H]1Nc1ccnc(Cc2ccccc2)n1. The van der Waals surface area contributed by atoms with E-state index in [4.69, 9.17) is 5.73 Å². The lowest BCUT2D eigenvalue weighted by Gasteiger charge is -2.19. The standard InChI is InChI=1S/C17H20N4O/c18-17(22)13-7-4-8-14(13)20-15-9-10-19-16(21-15)11-12-5-2-1-3-6-12/h1-3,5-6,9-10,13-14H,4,7-8,11H2,(H2,18,22)(H,19,20,21)/t13-,14+/m0/s1. The molecule has 5 nitrogen and oxygen atoms in total. The summed E-state index contributed by atoms with van der Waals surface area (Å²) in [6, 6.07) is 12.0. The van der Waals surface area contributed by atoms with E-state index in [0.29, 0.717) is 6.42 Å². The van der Waals surface area contributed by atoms with Crippen LogP contribution in [0.1, 0.15) is 30.7 Å². The van der Waals surface area contributed by atoms with Crippen molar-refractivity contribution in [3.63, 3.8) is 0 Å². The summed E-state index contributed by atoms with van der Waals surface area (Å²) in [5.74, 6) is 1.20. The summed E-state index contributed by atoms with van der Waals surface area (Å²) in [5.41, 5.74) is 6.64. The van der Waals surface area contributed by atoms with Gasteiger partial charge in [0.05, 0.1) is 5.92 Å². The lowest BCUT2D eigenvalue weighted by Crippen LogP contribution is -2.34. The van der Waals surface area contributed by atoms with E-state index in [1.807, 2.05) is 24.3 Å². The van der Waals surface area contributed by atoms with E-state index in [-0.39, 0.29) is 17.9 Å². The maximum Gasteiger partial charge on any atom is 0.222 e. The van der Waals surface area contributed by atoms with E-state index in [9.17, 15) is 4.79 Å². The number of anilines is 1. The van der Waals surface area contributed by atoms with Crippen LogP contribution in [0.5, 0.6) is 0 Å². The summed E-state index contributed by atoms with van der Waals surface area (Å²) in [4.78, 5) is 20.3. The number of nitrogens with zero attached hydrogens (tertiary/aromatic N) is 2. The molecule has 0 unspecified atom stereocenters. The number of nitrogens with one attached hydrogen (secondary N) is 1. The lowest BCUT2D eigenvalue weighted by molar-refractivity contribution is -0.121. The fourth-order valence-electron chi connectivity index (χ4n) is 3.01. The van der Waals surface area contributed by atoms with Crippen LogP contribution in [0.15, 0.2) is 42.6 Å². The zero-order chi connectivity index (χ0) is 15.4. The average Bonchev–Trinajstić information content (AvgIpc) is 2.97. The molecule has 1 fully saturated rings. The third-order valence-corrected chi connectivity index (χ3v) is 4.13. The van der Waals surface area contributed by atoms with Gasteiger partial charge in [-0.25, -0.2) is 9.97 Å². The van der Waals surface area contributed by atoms with Crippen molar-refractivity contribution >= 4 is 11.7 Å². The van der Waals surface area contributed by atoms with Crippen LogP contribution in [0.25, 0.3) is 0 Å². The molecule has 0 spiro atoms. The number of hydrogen-bond donors (Lipinski definition) is 2. The highest BCUT2D eigenvalue weighted by Gasteiger charge is 2.31. The molecule has 0 radical (unpaired) electrons. The Morgan fingerprint density at radius 1 is 1.23 bits per heavy atom. The van der Waals surface area contributed by atoms with E-state index >= 15 is 0 Å². The van der Waals surface area contributed by atoms with Crippen molar-refractivity contribution in [2.75, 3.05) is 5.32 Å². The van der Waals surface area contributed by atoms with Crippen LogP contribution in [0.3, 0.4) is 0 Å². The third kappa shape index (κ3) is 3.42. The molecule has 1 aromatic heterocycles. The lowest BCUT2D eigenvalue weighted by atomic mass is 10.0. The molecule has 3 rings (SSSR count). The minimum atomic E-state index is -0.228. The second-order valence-corrected chi connectivity index (χ2v) is 5.71. The Labute approximate surface area is 130 Å². The number of hydrogen-bond acceptors (Lipinski definition) is 4. The molecule has 1 amide bonds. The molecule has 0 aliphatic heterocycles. The van der Waals surface area contributed by atoms with Gasteiger partial charge in [-0.15, -0.1) is 0 Å². The van der Waals surface area contributed by atoms with Gasteiger partial charge in [-0.05, 0) is 24.5 Å². The van der Waals surface area contributed by atoms with Gasteiger partial charge >= 0.3 is 0 Å². The molecular formula is C17H20N4O. The highest BCUT2D eigenvalue weighted by Crippen LogP contribution is 2.27. The molecule has 22 heavy (non-hydrogen) atoms. The monoisotopic (exact) mass is 296 g/mol. The number of benzene rings is 1. The molecule has 1 aliphatic rings. The molecule has 1 saturated carbocycles. The van der Waals surface area contributed by atoms with Crippen molar-refractivity contribution in [1.29, 1.82) is 0 Å². The molecule has 1 heterocycles. The quantitative estimate of drug-likeness (QED) is 0.885. The number of amides is 1. The van der Waals surface area contributed by atoms with E-state index in [1.54, 1.807) is 6.20 Å². The Bertz CT molecular complexity index is 644. The van der Waals surface area contributed by atoms with Crippen LogP contribution in [0, 0.1) is 5.92 Å². The Kier molecular flexibility index (Phi) is 4.32. The van der Waals surface area contributed by atoms with Gasteiger partial charge in [-0.1, -0.05) is 36.8 Å². The second-order valence-electron chi connectivity index (χ2n) is 5.71. The minimum Gasteiger partial charge on any atom is -0.369 e. The van der Waals surface area contributed by atoms with Gasteiger partial charge in [0.15, 0.2) is 0 Å². The van der Waals surface area contributed by atoms with Crippen molar-refractivity contribution in [1.82, 2.24) is 9.97 Å². The highest BCUT2D eigenvalue weighted by atomic mass is 16.1. The Morgan fingerprint density at radius 3 is 2.82 bits per heavy atom. The van der Waals surface area contributed by atoms with Gasteiger partial charge < -0.3 is 11.1 Å². The maximum absolute atomic E-state index is 11.5. The van der Waals surface area contributed by atoms with E-state index < -0.39 is 0 Å². The smallest absolute Gasteiger partial charge is 0.222 e. The average molecular weight is 296 g/mol. The largest absolute Gasteiger partial charge is 0.369 e. The van der Waals surface area contributed by atoms with Crippen LogP contribution in [-0.4, -0.2) is 21.9 Å². The molecule has 2 aromatic rings. The van der Waals surface area contributed by atoms with Crippen molar-refractivity contribution < 1.29 is 4.79 Å². The topological polar surface area (TPSA) is 80.9 Å². The van der Waals surface area contributed by atoms with Crippen molar-refractivity contribution in [2.24, 2.45) is 11.7 Å². The number of carbonyl (C=O) groups is 1. The third-order valence-electron chi connectivity index (χ3n) is 4.13. The van der Waals surface area contributed by atoms with Crippen molar-refractivity contribution in [3.05, 3.63) is 54.0 Å². The number of aromatic nitrogens is 2. The number of nitrogens with two attached hydrogens (primary N) is 1. The van der Waals surface area contributed by atoms with E-state index in [1.165, 1.54) is 5.56 Å². The van der Waals surface area contributed by atoms with Crippen LogP contribution in [0.2, 0.25) is 0 Å². The molecule has 0 bridgehead atoms. The van der Waals surface area contributed by atoms with Crippen LogP contribution in [-0.2, 0) is 11.2 Å². The normalized spacial score (nSPS) is 20.7. The first kappa shape index (κ1) is 14.5. The summed E-state index contributed by atoms with van der Waals surface area (Å²) >= 11 is 0. The summed E-state index contributed by atoms with van der Waals surface area (Å²) in [7, 11) is 0. The molecule has 5 heteroatoms. The molecule has 114 valence electrons. The van der Waals surface area contributed by atoms with E-state index in [0.717, 1.165) is 30.9 Å². The number of carbonyl (C=O) groups excluding carboxylic acids is 1. The minimum absolute atomic E-state index is 0.0805. The van der Waals surface area contributed by atoms with Crippen molar-refractivity contribution in [2.45, 2.75) is 31.7 Å². The number of rotatable bonds is 5. The predicted molar refractivity (Wildman–Crippen MR) is 85.2 cm³/mol. The molecule has 1 aromatic carbocycles. The first-order chi connectivity index (χ1) is 10.7. The Morgan fingerprint density at radius 2 is 2.05 bits per heavy atom. The summed E-state index contributed by atoms with van der Waals surface area (Å²) in [6.45, 7) is 0. The van der Waals surface area contributed by atoms with Gasteiger partial charge in [-0.3, -0.25) is 4.79 Å². The zero-order valence-corrected chi connectivity index (χ0v) is 12.4. The first-order valence-electron chi connectivity index (χ1n) is 7.64. The summed E-state index contributed by atoms with van der Waals surface area (Å²) in [6.07, 6.45) is 5.27. The van der Waals surface area contributed by atoms with Crippen molar-refractivity contribution in [3.8, 4) is 0 Å². The fourth-order valence-corrected chi connectivity index (χ4v) is 3.01. The molecule has 1 aliphatic carbocycles. The molecule has 2 atom stereocenters. The second kappa shape index (κ2) is 6.56.